The number of hydrogen-bond acceptors (Lipinski definition) is 4. The molecule has 0 radical (unpaired) electrons. The normalized spacial score (nSPS) is 20.4. The van der Waals surface area contributed by atoms with E-state index in [0.29, 0.717) is 17.7 Å². The second kappa shape index (κ2) is 10.6. The van der Waals surface area contributed by atoms with Crippen LogP contribution in [0.1, 0.15) is 24.8 Å². The van der Waals surface area contributed by atoms with Gasteiger partial charge >= 0.3 is 6.18 Å². The second-order valence-corrected chi connectivity index (χ2v) is 10.4. The summed E-state index contributed by atoms with van der Waals surface area (Å²) in [6.45, 7) is 7.35. The van der Waals surface area contributed by atoms with Gasteiger partial charge in [0.15, 0.2) is 0 Å². The average Bonchev–Trinajstić information content (AvgIpc) is 2.84. The number of carbonyl (C=O) groups excluding carboxylic acids is 1. The number of hydrogen-bond donors (Lipinski definition) is 0. The molecule has 9 heteroatoms. The first-order valence-corrected chi connectivity index (χ1v) is 13.1. The molecule has 2 aromatic rings. The van der Waals surface area contributed by atoms with Gasteiger partial charge < -0.3 is 9.80 Å². The number of piperazine rings is 2. The molecule has 0 unspecified atom stereocenters. The van der Waals surface area contributed by atoms with E-state index in [4.69, 9.17) is 11.6 Å². The molecule has 1 amide bonds. The van der Waals surface area contributed by atoms with E-state index in [9.17, 15) is 18.0 Å². The van der Waals surface area contributed by atoms with E-state index in [0.717, 1.165) is 70.2 Å². The van der Waals surface area contributed by atoms with Crippen LogP contribution in [0, 0.1) is 0 Å². The first kappa shape index (κ1) is 25.4. The predicted octanol–water partition coefficient (Wildman–Crippen LogP) is 4.84. The number of amides is 1. The van der Waals surface area contributed by atoms with Gasteiger partial charge in [-0.2, -0.15) is 13.2 Å². The van der Waals surface area contributed by atoms with Crippen molar-refractivity contribution in [3.05, 3.63) is 53.1 Å². The summed E-state index contributed by atoms with van der Waals surface area (Å²) in [5.74, 6) is 0.224. The molecule has 1 saturated carbocycles. The molecular weight excluding hydrogens is 489 g/mol. The van der Waals surface area contributed by atoms with Crippen molar-refractivity contribution in [2.24, 2.45) is 0 Å². The molecule has 0 bridgehead atoms. The van der Waals surface area contributed by atoms with Crippen LogP contribution in [0.3, 0.4) is 0 Å². The summed E-state index contributed by atoms with van der Waals surface area (Å²) in [4.78, 5) is 21.9. The number of nitrogens with zero attached hydrogens (tertiary/aromatic N) is 4. The maximum absolute atomic E-state index is 13.2. The van der Waals surface area contributed by atoms with Crippen molar-refractivity contribution in [1.29, 1.82) is 0 Å². The first-order valence-electron chi connectivity index (χ1n) is 12.7. The zero-order valence-electron chi connectivity index (χ0n) is 20.3. The molecule has 2 saturated heterocycles. The summed E-state index contributed by atoms with van der Waals surface area (Å²) in [6.07, 6.45) is -0.536. The molecule has 3 fully saturated rings. The molecule has 0 aromatic heterocycles. The number of alkyl halides is 3. The van der Waals surface area contributed by atoms with Crippen molar-refractivity contribution in [1.82, 2.24) is 14.7 Å². The highest BCUT2D eigenvalue weighted by Crippen LogP contribution is 2.37. The van der Waals surface area contributed by atoms with E-state index in [1.54, 1.807) is 6.07 Å². The van der Waals surface area contributed by atoms with Gasteiger partial charge in [0.25, 0.3) is 0 Å². The molecule has 0 spiro atoms. The Labute approximate surface area is 215 Å². The second-order valence-electron chi connectivity index (χ2n) is 10.0. The van der Waals surface area contributed by atoms with Crippen LogP contribution in [0.4, 0.5) is 18.9 Å². The Morgan fingerprint density at radius 2 is 1.50 bits per heavy atom. The Morgan fingerprint density at radius 1 is 0.861 bits per heavy atom. The minimum Gasteiger partial charge on any atom is -0.369 e. The fourth-order valence-electron chi connectivity index (χ4n) is 5.33. The lowest BCUT2D eigenvalue weighted by atomic mass is 9.91. The van der Waals surface area contributed by atoms with Crippen molar-refractivity contribution in [2.45, 2.75) is 31.5 Å². The molecule has 3 aliphatic rings. The van der Waals surface area contributed by atoms with Crippen molar-refractivity contribution in [3.8, 4) is 11.1 Å². The molecule has 1 aliphatic carbocycles. The summed E-state index contributed by atoms with van der Waals surface area (Å²) in [5.41, 5.74) is 1.40. The third-order valence-corrected chi connectivity index (χ3v) is 8.16. The lowest BCUT2D eigenvalue weighted by Crippen LogP contribution is -2.56. The lowest BCUT2D eigenvalue weighted by molar-refractivity contribution is -0.137. The Bertz CT molecular complexity index is 1060. The van der Waals surface area contributed by atoms with Gasteiger partial charge in [-0.3, -0.25) is 14.6 Å². The summed E-state index contributed by atoms with van der Waals surface area (Å²) < 4.78 is 39.6. The molecule has 0 atom stereocenters. The van der Waals surface area contributed by atoms with Gasteiger partial charge in [0.2, 0.25) is 5.91 Å². The molecule has 5 nitrogen and oxygen atoms in total. The van der Waals surface area contributed by atoms with Gasteiger partial charge in [-0.05, 0) is 48.2 Å². The minimum absolute atomic E-state index is 0.224. The van der Waals surface area contributed by atoms with E-state index in [2.05, 4.69) is 14.7 Å². The molecule has 2 aliphatic heterocycles. The van der Waals surface area contributed by atoms with Crippen molar-refractivity contribution in [3.63, 3.8) is 0 Å². The Morgan fingerprint density at radius 3 is 2.08 bits per heavy atom. The van der Waals surface area contributed by atoms with Crippen LogP contribution < -0.4 is 4.90 Å². The van der Waals surface area contributed by atoms with Gasteiger partial charge in [-0.15, -0.1) is 0 Å². The minimum atomic E-state index is -4.49. The Hall–Kier alpha value is -2.29. The zero-order chi connectivity index (χ0) is 25.3. The molecule has 0 N–H and O–H groups in total. The van der Waals surface area contributed by atoms with Crippen molar-refractivity contribution < 1.29 is 18.0 Å². The van der Waals surface area contributed by atoms with Crippen LogP contribution in [-0.2, 0) is 11.0 Å². The number of anilines is 1. The van der Waals surface area contributed by atoms with Crippen molar-refractivity contribution in [2.75, 3.05) is 63.8 Å². The van der Waals surface area contributed by atoms with Crippen LogP contribution >= 0.6 is 11.6 Å². The number of carbonyl (C=O) groups is 1. The third kappa shape index (κ3) is 5.66. The SMILES string of the molecule is O=C(CN1CCN(c2ccc(-c3ccc(Cl)c(C(F)(F)F)c3)cc2)CC1)N1CCN(C2CCC2)CC1. The van der Waals surface area contributed by atoms with E-state index >= 15 is 0 Å². The highest BCUT2D eigenvalue weighted by molar-refractivity contribution is 6.31. The largest absolute Gasteiger partial charge is 0.417 e. The summed E-state index contributed by atoms with van der Waals surface area (Å²) in [5, 5.41) is -0.296. The monoisotopic (exact) mass is 520 g/mol. The maximum atomic E-state index is 13.2. The van der Waals surface area contributed by atoms with Crippen LogP contribution in [0.25, 0.3) is 11.1 Å². The standard InChI is InChI=1S/C27H32ClF3N4O/c28-25-9-6-21(18-24(25)27(29,30)31)20-4-7-23(8-5-20)33-12-10-32(11-13-33)19-26(36)35-16-14-34(15-17-35)22-2-1-3-22/h4-9,18,22H,1-3,10-17,19H2. The zero-order valence-corrected chi connectivity index (χ0v) is 21.1. The molecular formula is C27H32ClF3N4O. The lowest BCUT2D eigenvalue weighted by Gasteiger charge is -2.43. The highest BCUT2D eigenvalue weighted by Gasteiger charge is 2.33. The molecule has 2 heterocycles. The Balaban J connectivity index is 1.11. The quantitative estimate of drug-likeness (QED) is 0.564. The molecule has 194 valence electrons. The van der Waals surface area contributed by atoms with Gasteiger partial charge in [0.1, 0.15) is 0 Å². The fraction of sp³-hybridized carbons (Fsp3) is 0.519. The van der Waals surface area contributed by atoms with Gasteiger partial charge in [0, 0.05) is 64.1 Å². The van der Waals surface area contributed by atoms with Gasteiger partial charge in [0.05, 0.1) is 17.1 Å². The smallest absolute Gasteiger partial charge is 0.369 e. The van der Waals surface area contributed by atoms with Crippen molar-refractivity contribution >= 4 is 23.2 Å². The average molecular weight is 521 g/mol. The Kier molecular flexibility index (Phi) is 7.47. The van der Waals surface area contributed by atoms with Crippen LogP contribution in [0.2, 0.25) is 5.02 Å². The molecule has 5 rings (SSSR count). The summed E-state index contributed by atoms with van der Waals surface area (Å²) >= 11 is 5.75. The number of rotatable bonds is 5. The van der Waals surface area contributed by atoms with Gasteiger partial charge in [-0.25, -0.2) is 0 Å². The number of benzene rings is 2. The maximum Gasteiger partial charge on any atom is 0.417 e. The predicted molar refractivity (Wildman–Crippen MR) is 136 cm³/mol. The topological polar surface area (TPSA) is 30.0 Å². The van der Waals surface area contributed by atoms with Crippen LogP contribution in [0.5, 0.6) is 0 Å². The van der Waals surface area contributed by atoms with Crippen LogP contribution in [-0.4, -0.2) is 85.6 Å². The highest BCUT2D eigenvalue weighted by atomic mass is 35.5. The van der Waals surface area contributed by atoms with E-state index < -0.39 is 11.7 Å². The van der Waals surface area contributed by atoms with E-state index in [1.807, 2.05) is 29.2 Å². The number of halogens is 4. The van der Waals surface area contributed by atoms with E-state index in [-0.39, 0.29) is 10.9 Å². The summed E-state index contributed by atoms with van der Waals surface area (Å²) in [6, 6.07) is 12.3. The van der Waals surface area contributed by atoms with Crippen LogP contribution in [0.15, 0.2) is 42.5 Å². The van der Waals surface area contributed by atoms with E-state index in [1.165, 1.54) is 25.3 Å². The fourth-order valence-corrected chi connectivity index (χ4v) is 5.56. The third-order valence-electron chi connectivity index (χ3n) is 7.83. The summed E-state index contributed by atoms with van der Waals surface area (Å²) in [7, 11) is 0. The molecule has 2 aromatic carbocycles. The first-order chi connectivity index (χ1) is 17.3. The molecule has 36 heavy (non-hydrogen) atoms. The van der Waals surface area contributed by atoms with Gasteiger partial charge in [-0.1, -0.05) is 36.2 Å².